The monoisotopic (exact) mass is 367 g/mol. The van der Waals surface area contributed by atoms with E-state index >= 15 is 0 Å². The van der Waals surface area contributed by atoms with Gasteiger partial charge in [-0.25, -0.2) is 4.98 Å². The van der Waals surface area contributed by atoms with E-state index in [-0.39, 0.29) is 11.9 Å². The van der Waals surface area contributed by atoms with Gasteiger partial charge in [0.1, 0.15) is 11.6 Å². The quantitative estimate of drug-likeness (QED) is 0.832. The highest BCUT2D eigenvalue weighted by molar-refractivity contribution is 5.94. The number of ether oxygens (including phenoxy) is 2. The summed E-state index contributed by atoms with van der Waals surface area (Å²) in [5, 5.41) is 0. The molecule has 2 aliphatic heterocycles. The second-order valence-corrected chi connectivity index (χ2v) is 6.93. The number of hydrogen-bond acceptors (Lipinski definition) is 5. The number of amides is 1. The zero-order chi connectivity index (χ0) is 18.6. The zero-order valence-corrected chi connectivity index (χ0v) is 15.6. The van der Waals surface area contributed by atoms with E-state index in [0.717, 1.165) is 62.8 Å². The van der Waals surface area contributed by atoms with Crippen LogP contribution in [-0.4, -0.2) is 55.7 Å². The maximum atomic E-state index is 13.1. The molecule has 4 rings (SSSR count). The number of aromatic nitrogens is 1. The molecule has 6 heteroatoms. The fourth-order valence-corrected chi connectivity index (χ4v) is 3.84. The van der Waals surface area contributed by atoms with Crippen LogP contribution in [0.4, 0.5) is 5.82 Å². The lowest BCUT2D eigenvalue weighted by Gasteiger charge is -2.28. The van der Waals surface area contributed by atoms with Crippen molar-refractivity contribution in [1.82, 2.24) is 9.88 Å². The van der Waals surface area contributed by atoms with Gasteiger partial charge >= 0.3 is 0 Å². The van der Waals surface area contributed by atoms with Gasteiger partial charge in [0.2, 0.25) is 0 Å². The molecule has 1 atom stereocenters. The van der Waals surface area contributed by atoms with Crippen LogP contribution < -0.4 is 9.64 Å². The van der Waals surface area contributed by atoms with Crippen molar-refractivity contribution in [3.05, 3.63) is 53.7 Å². The number of methoxy groups -OCH3 is 1. The van der Waals surface area contributed by atoms with Gasteiger partial charge in [0, 0.05) is 25.8 Å². The number of morpholine rings is 1. The van der Waals surface area contributed by atoms with Crippen molar-refractivity contribution in [2.45, 2.75) is 18.9 Å². The number of rotatable bonds is 4. The van der Waals surface area contributed by atoms with Crippen LogP contribution in [0, 0.1) is 0 Å². The summed E-state index contributed by atoms with van der Waals surface area (Å²) in [5.41, 5.74) is 1.80. The van der Waals surface area contributed by atoms with Crippen LogP contribution in [-0.2, 0) is 4.74 Å². The van der Waals surface area contributed by atoms with Gasteiger partial charge in [0.15, 0.2) is 0 Å². The van der Waals surface area contributed by atoms with Gasteiger partial charge in [0.05, 0.1) is 31.9 Å². The fraction of sp³-hybridized carbons (Fsp3) is 0.429. The third kappa shape index (κ3) is 3.76. The van der Waals surface area contributed by atoms with Crippen LogP contribution in [0.15, 0.2) is 42.6 Å². The lowest BCUT2D eigenvalue weighted by Crippen LogP contribution is -2.36. The molecule has 6 nitrogen and oxygen atoms in total. The molecule has 1 amide bonds. The van der Waals surface area contributed by atoms with E-state index in [1.54, 1.807) is 13.3 Å². The Kier molecular flexibility index (Phi) is 5.25. The molecular weight excluding hydrogens is 342 g/mol. The highest BCUT2D eigenvalue weighted by Gasteiger charge is 2.30. The first kappa shape index (κ1) is 17.8. The number of likely N-dealkylation sites (tertiary alicyclic amines) is 1. The number of pyridine rings is 1. The zero-order valence-electron chi connectivity index (χ0n) is 15.6. The van der Waals surface area contributed by atoms with E-state index in [1.807, 2.05) is 29.2 Å². The van der Waals surface area contributed by atoms with Gasteiger partial charge in [-0.15, -0.1) is 0 Å². The summed E-state index contributed by atoms with van der Waals surface area (Å²) < 4.78 is 10.6. The molecule has 27 heavy (non-hydrogen) atoms. The predicted octanol–water partition coefficient (Wildman–Crippen LogP) is 2.90. The van der Waals surface area contributed by atoms with Crippen LogP contribution in [0.1, 0.15) is 34.8 Å². The second kappa shape index (κ2) is 7.96. The molecule has 1 aromatic heterocycles. The van der Waals surface area contributed by atoms with Gasteiger partial charge < -0.3 is 19.3 Å². The SMILES string of the molecule is COc1ccc([C@@H]2CCCN2C(=O)c2ccc(N3CCOCC3)nc2)cc1. The molecule has 0 N–H and O–H groups in total. The molecule has 0 unspecified atom stereocenters. The molecule has 0 aliphatic carbocycles. The maximum absolute atomic E-state index is 13.1. The van der Waals surface area contributed by atoms with Crippen LogP contribution >= 0.6 is 0 Å². The first-order valence-corrected chi connectivity index (χ1v) is 9.50. The fourth-order valence-electron chi connectivity index (χ4n) is 3.84. The van der Waals surface area contributed by atoms with Crippen molar-refractivity contribution in [3.8, 4) is 5.75 Å². The van der Waals surface area contributed by atoms with Gasteiger partial charge in [-0.2, -0.15) is 0 Å². The molecule has 0 bridgehead atoms. The normalized spacial score (nSPS) is 20.0. The molecule has 142 valence electrons. The Labute approximate surface area is 159 Å². The summed E-state index contributed by atoms with van der Waals surface area (Å²) in [6, 6.07) is 12.0. The number of carbonyl (C=O) groups excluding carboxylic acids is 1. The van der Waals surface area contributed by atoms with Crippen LogP contribution in [0.3, 0.4) is 0 Å². The summed E-state index contributed by atoms with van der Waals surface area (Å²) in [7, 11) is 1.66. The largest absolute Gasteiger partial charge is 0.497 e. The standard InChI is InChI=1S/C21H25N3O3/c1-26-18-7-4-16(5-8-18)19-3-2-10-24(19)21(25)17-6-9-20(22-15-17)23-11-13-27-14-12-23/h4-9,15,19H,2-3,10-14H2,1H3/t19-/m0/s1. The minimum Gasteiger partial charge on any atom is -0.497 e. The van der Waals surface area contributed by atoms with Crippen molar-refractivity contribution in [1.29, 1.82) is 0 Å². The maximum Gasteiger partial charge on any atom is 0.255 e. The molecule has 1 aromatic carbocycles. The third-order valence-corrected chi connectivity index (χ3v) is 5.34. The van der Waals surface area contributed by atoms with E-state index in [0.29, 0.717) is 5.56 Å². The average Bonchev–Trinajstić information content (AvgIpc) is 3.24. The molecule has 2 aromatic rings. The minimum absolute atomic E-state index is 0.0503. The second-order valence-electron chi connectivity index (χ2n) is 6.93. The van der Waals surface area contributed by atoms with Crippen molar-refractivity contribution < 1.29 is 14.3 Å². The minimum atomic E-state index is 0.0503. The van der Waals surface area contributed by atoms with Crippen LogP contribution in [0.5, 0.6) is 5.75 Å². The molecule has 2 fully saturated rings. The lowest BCUT2D eigenvalue weighted by atomic mass is 10.0. The van der Waals surface area contributed by atoms with Gasteiger partial charge in [-0.05, 0) is 42.7 Å². The van der Waals surface area contributed by atoms with Crippen LogP contribution in [0.25, 0.3) is 0 Å². The van der Waals surface area contributed by atoms with E-state index in [2.05, 4.69) is 22.0 Å². The van der Waals surface area contributed by atoms with E-state index in [4.69, 9.17) is 9.47 Å². The Morgan fingerprint density at radius 1 is 1.11 bits per heavy atom. The third-order valence-electron chi connectivity index (χ3n) is 5.34. The molecular formula is C21H25N3O3. The van der Waals surface area contributed by atoms with E-state index in [1.165, 1.54) is 0 Å². The van der Waals surface area contributed by atoms with Gasteiger partial charge in [-0.1, -0.05) is 12.1 Å². The molecule has 0 spiro atoms. The van der Waals surface area contributed by atoms with Crippen molar-refractivity contribution in [2.75, 3.05) is 44.9 Å². The summed E-state index contributed by atoms with van der Waals surface area (Å²) >= 11 is 0. The highest BCUT2D eigenvalue weighted by atomic mass is 16.5. The van der Waals surface area contributed by atoms with Crippen molar-refractivity contribution in [2.24, 2.45) is 0 Å². The average molecular weight is 367 g/mol. The Morgan fingerprint density at radius 3 is 2.56 bits per heavy atom. The van der Waals surface area contributed by atoms with Gasteiger partial charge in [-0.3, -0.25) is 4.79 Å². The summed E-state index contributed by atoms with van der Waals surface area (Å²) in [5.74, 6) is 1.79. The van der Waals surface area contributed by atoms with Crippen LogP contribution in [0.2, 0.25) is 0 Å². The number of hydrogen-bond donors (Lipinski definition) is 0. The lowest BCUT2D eigenvalue weighted by molar-refractivity contribution is 0.0735. The molecule has 0 radical (unpaired) electrons. The Balaban J connectivity index is 1.48. The van der Waals surface area contributed by atoms with E-state index in [9.17, 15) is 4.79 Å². The molecule has 0 saturated carbocycles. The predicted molar refractivity (Wildman–Crippen MR) is 103 cm³/mol. The Morgan fingerprint density at radius 2 is 1.89 bits per heavy atom. The smallest absolute Gasteiger partial charge is 0.255 e. The Bertz CT molecular complexity index is 770. The summed E-state index contributed by atoms with van der Waals surface area (Å²) in [6.07, 6.45) is 3.70. The molecule has 2 aliphatic rings. The summed E-state index contributed by atoms with van der Waals surface area (Å²) in [6.45, 7) is 3.90. The first-order valence-electron chi connectivity index (χ1n) is 9.50. The number of nitrogens with zero attached hydrogens (tertiary/aromatic N) is 3. The number of benzene rings is 1. The summed E-state index contributed by atoms with van der Waals surface area (Å²) in [4.78, 5) is 21.7. The highest BCUT2D eigenvalue weighted by Crippen LogP contribution is 2.34. The number of anilines is 1. The van der Waals surface area contributed by atoms with Crippen molar-refractivity contribution >= 4 is 11.7 Å². The molecule has 3 heterocycles. The first-order chi connectivity index (χ1) is 13.3. The topological polar surface area (TPSA) is 54.9 Å². The van der Waals surface area contributed by atoms with E-state index < -0.39 is 0 Å². The Hall–Kier alpha value is -2.60. The molecule has 2 saturated heterocycles. The van der Waals surface area contributed by atoms with Crippen molar-refractivity contribution in [3.63, 3.8) is 0 Å². The van der Waals surface area contributed by atoms with Gasteiger partial charge in [0.25, 0.3) is 5.91 Å². The number of carbonyl (C=O) groups is 1.